The number of carbonyl (C=O) groups excluding carboxylic acids is 2. The number of hydrogen-bond acceptors (Lipinski definition) is 5. The smallest absolute Gasteiger partial charge is 0.291 e. The molecule has 8 nitrogen and oxygen atoms in total. The van der Waals surface area contributed by atoms with Crippen LogP contribution in [0.5, 0.6) is 0 Å². The van der Waals surface area contributed by atoms with Crippen LogP contribution in [0.3, 0.4) is 0 Å². The molecule has 3 aromatic rings. The number of anilines is 1. The lowest BCUT2D eigenvalue weighted by Crippen LogP contribution is -2.27. The average molecular weight is 413 g/mol. The Labute approximate surface area is 167 Å². The van der Waals surface area contributed by atoms with Crippen molar-refractivity contribution in [2.24, 2.45) is 5.14 Å². The van der Waals surface area contributed by atoms with Crippen LogP contribution in [0.15, 0.2) is 76.2 Å². The van der Waals surface area contributed by atoms with Crippen LogP contribution in [0.1, 0.15) is 26.5 Å². The molecule has 0 atom stereocenters. The SMILES string of the molecule is NS(=O)(=O)c1ccc(CCNC(=O)c2ccccc2NC(=O)c2ccco2)cc1. The van der Waals surface area contributed by atoms with Gasteiger partial charge < -0.3 is 15.1 Å². The van der Waals surface area contributed by atoms with Gasteiger partial charge in [0.1, 0.15) is 0 Å². The van der Waals surface area contributed by atoms with E-state index in [-0.39, 0.29) is 16.6 Å². The number of primary sulfonamides is 1. The van der Waals surface area contributed by atoms with Crippen molar-refractivity contribution in [1.82, 2.24) is 5.32 Å². The Morgan fingerprint density at radius 1 is 0.931 bits per heavy atom. The highest BCUT2D eigenvalue weighted by molar-refractivity contribution is 7.89. The molecule has 4 N–H and O–H groups in total. The van der Waals surface area contributed by atoms with Gasteiger partial charge in [0.25, 0.3) is 11.8 Å². The number of benzene rings is 2. The van der Waals surface area contributed by atoms with Gasteiger partial charge in [-0.1, -0.05) is 24.3 Å². The fraction of sp³-hybridized carbons (Fsp3) is 0.100. The normalized spacial score (nSPS) is 11.1. The van der Waals surface area contributed by atoms with Gasteiger partial charge in [0.05, 0.1) is 22.4 Å². The Bertz CT molecular complexity index is 1110. The first-order valence-corrected chi connectivity index (χ1v) is 10.2. The lowest BCUT2D eigenvalue weighted by atomic mass is 10.1. The molecule has 150 valence electrons. The predicted octanol–water partition coefficient (Wildman–Crippen LogP) is 2.15. The molecule has 1 heterocycles. The minimum atomic E-state index is -3.73. The van der Waals surface area contributed by atoms with Crippen LogP contribution in [-0.4, -0.2) is 26.8 Å². The second kappa shape index (κ2) is 8.72. The lowest BCUT2D eigenvalue weighted by molar-refractivity contribution is 0.0955. The summed E-state index contributed by atoms with van der Waals surface area (Å²) in [5.41, 5.74) is 1.53. The van der Waals surface area contributed by atoms with Crippen molar-refractivity contribution in [1.29, 1.82) is 0 Å². The summed E-state index contributed by atoms with van der Waals surface area (Å²) < 4.78 is 27.6. The number of hydrogen-bond donors (Lipinski definition) is 3. The largest absolute Gasteiger partial charge is 0.459 e. The van der Waals surface area contributed by atoms with Crippen LogP contribution < -0.4 is 15.8 Å². The number of para-hydroxylation sites is 1. The first-order chi connectivity index (χ1) is 13.8. The van der Waals surface area contributed by atoms with Gasteiger partial charge in [-0.05, 0) is 48.4 Å². The molecule has 2 aromatic carbocycles. The molecule has 9 heteroatoms. The predicted molar refractivity (Wildman–Crippen MR) is 107 cm³/mol. The second-order valence-corrected chi connectivity index (χ2v) is 7.73. The molecular weight excluding hydrogens is 394 g/mol. The van der Waals surface area contributed by atoms with Crippen LogP contribution >= 0.6 is 0 Å². The molecule has 0 fully saturated rings. The maximum Gasteiger partial charge on any atom is 0.291 e. The van der Waals surface area contributed by atoms with Crippen LogP contribution in [0.25, 0.3) is 0 Å². The molecule has 0 bridgehead atoms. The quantitative estimate of drug-likeness (QED) is 0.546. The van der Waals surface area contributed by atoms with Crippen molar-refractivity contribution in [2.45, 2.75) is 11.3 Å². The van der Waals surface area contributed by atoms with Crippen molar-refractivity contribution in [3.8, 4) is 0 Å². The molecule has 0 spiro atoms. The number of nitrogens with two attached hydrogens (primary N) is 1. The highest BCUT2D eigenvalue weighted by Crippen LogP contribution is 2.16. The fourth-order valence-electron chi connectivity index (χ4n) is 2.64. The number of rotatable bonds is 7. The van der Waals surface area contributed by atoms with E-state index in [1.165, 1.54) is 24.5 Å². The maximum absolute atomic E-state index is 12.5. The third-order valence-electron chi connectivity index (χ3n) is 4.12. The summed E-state index contributed by atoms with van der Waals surface area (Å²) in [6.07, 6.45) is 1.89. The van der Waals surface area contributed by atoms with Crippen LogP contribution in [0.2, 0.25) is 0 Å². The second-order valence-electron chi connectivity index (χ2n) is 6.17. The summed E-state index contributed by atoms with van der Waals surface area (Å²) in [5, 5.41) is 10.5. The van der Waals surface area contributed by atoms with Crippen molar-refractivity contribution in [3.05, 3.63) is 83.8 Å². The summed E-state index contributed by atoms with van der Waals surface area (Å²) in [6, 6.07) is 15.9. The molecule has 0 aliphatic rings. The summed E-state index contributed by atoms with van der Waals surface area (Å²) in [5.74, 6) is -0.658. The Kier molecular flexibility index (Phi) is 6.10. The molecule has 0 aliphatic heterocycles. The van der Waals surface area contributed by atoms with E-state index in [0.29, 0.717) is 24.2 Å². The average Bonchev–Trinajstić information content (AvgIpc) is 3.23. The molecule has 0 unspecified atom stereocenters. The van der Waals surface area contributed by atoms with E-state index in [1.54, 1.807) is 42.5 Å². The zero-order valence-corrected chi connectivity index (χ0v) is 16.1. The van der Waals surface area contributed by atoms with Crippen molar-refractivity contribution in [3.63, 3.8) is 0 Å². The third kappa shape index (κ3) is 5.31. The van der Waals surface area contributed by atoms with Crippen LogP contribution in [-0.2, 0) is 16.4 Å². The van der Waals surface area contributed by atoms with E-state index in [4.69, 9.17) is 9.56 Å². The Morgan fingerprint density at radius 2 is 1.66 bits per heavy atom. The van der Waals surface area contributed by atoms with E-state index in [0.717, 1.165) is 5.56 Å². The minimum Gasteiger partial charge on any atom is -0.459 e. The molecule has 29 heavy (non-hydrogen) atoms. The summed E-state index contributed by atoms with van der Waals surface area (Å²) >= 11 is 0. The summed E-state index contributed by atoms with van der Waals surface area (Å²) in [6.45, 7) is 0.327. The molecular formula is C20H19N3O5S. The van der Waals surface area contributed by atoms with E-state index in [9.17, 15) is 18.0 Å². The van der Waals surface area contributed by atoms with E-state index in [2.05, 4.69) is 10.6 Å². The molecule has 0 radical (unpaired) electrons. The number of nitrogens with one attached hydrogen (secondary N) is 2. The van der Waals surface area contributed by atoms with Crippen molar-refractivity contribution >= 4 is 27.5 Å². The standard InChI is InChI=1S/C20H19N3O5S/c21-29(26,27)15-9-7-14(8-10-15)11-12-22-19(24)16-4-1-2-5-17(16)23-20(25)18-6-3-13-28-18/h1-10,13H,11-12H2,(H,22,24)(H,23,25)(H2,21,26,27). The van der Waals surface area contributed by atoms with Gasteiger partial charge in [-0.2, -0.15) is 0 Å². The van der Waals surface area contributed by atoms with Gasteiger partial charge in [0, 0.05) is 6.54 Å². The number of carbonyl (C=O) groups is 2. The summed E-state index contributed by atoms with van der Waals surface area (Å²) in [4.78, 5) is 24.7. The van der Waals surface area contributed by atoms with Gasteiger partial charge in [-0.25, -0.2) is 13.6 Å². The van der Waals surface area contributed by atoms with Gasteiger partial charge in [-0.15, -0.1) is 0 Å². The van der Waals surface area contributed by atoms with Crippen molar-refractivity contribution in [2.75, 3.05) is 11.9 Å². The highest BCUT2D eigenvalue weighted by Gasteiger charge is 2.15. The van der Waals surface area contributed by atoms with Crippen molar-refractivity contribution < 1.29 is 22.4 Å². The maximum atomic E-state index is 12.5. The van der Waals surface area contributed by atoms with Gasteiger partial charge in [0.2, 0.25) is 10.0 Å². The fourth-order valence-corrected chi connectivity index (χ4v) is 3.16. The molecule has 0 saturated heterocycles. The van der Waals surface area contributed by atoms with Gasteiger partial charge in [-0.3, -0.25) is 9.59 Å². The Morgan fingerprint density at radius 3 is 2.31 bits per heavy atom. The first-order valence-electron chi connectivity index (χ1n) is 8.68. The molecule has 3 rings (SSSR count). The lowest BCUT2D eigenvalue weighted by Gasteiger charge is -2.11. The molecule has 0 saturated carbocycles. The van der Waals surface area contributed by atoms with E-state index >= 15 is 0 Å². The summed E-state index contributed by atoms with van der Waals surface area (Å²) in [7, 11) is -3.73. The van der Waals surface area contributed by atoms with Crippen LogP contribution in [0, 0.1) is 0 Å². The minimum absolute atomic E-state index is 0.0338. The highest BCUT2D eigenvalue weighted by atomic mass is 32.2. The van der Waals surface area contributed by atoms with Gasteiger partial charge >= 0.3 is 0 Å². The first kappa shape index (κ1) is 20.3. The zero-order chi connectivity index (χ0) is 20.9. The zero-order valence-electron chi connectivity index (χ0n) is 15.3. The Hall–Kier alpha value is -3.43. The third-order valence-corrected chi connectivity index (χ3v) is 5.05. The van der Waals surface area contributed by atoms with E-state index < -0.39 is 15.9 Å². The molecule has 1 aromatic heterocycles. The number of furan rings is 1. The van der Waals surface area contributed by atoms with E-state index in [1.807, 2.05) is 0 Å². The van der Waals surface area contributed by atoms with Crippen LogP contribution in [0.4, 0.5) is 5.69 Å². The molecule has 2 amide bonds. The molecule has 0 aliphatic carbocycles. The number of amides is 2. The Balaban J connectivity index is 1.60. The monoisotopic (exact) mass is 413 g/mol. The van der Waals surface area contributed by atoms with Gasteiger partial charge in [0.15, 0.2) is 5.76 Å². The topological polar surface area (TPSA) is 132 Å². The number of sulfonamides is 1.